The Hall–Kier alpha value is -2.33. The van der Waals surface area contributed by atoms with Gasteiger partial charge in [0, 0.05) is 25.6 Å². The van der Waals surface area contributed by atoms with E-state index in [1.54, 1.807) is 0 Å². The lowest BCUT2D eigenvalue weighted by Crippen LogP contribution is -2.46. The van der Waals surface area contributed by atoms with Gasteiger partial charge >= 0.3 is 6.09 Å². The van der Waals surface area contributed by atoms with Crippen LogP contribution >= 0.6 is 0 Å². The molecular weight excluding hydrogens is 324 g/mol. The molecule has 0 aromatic heterocycles. The summed E-state index contributed by atoms with van der Waals surface area (Å²) in [5.41, 5.74) is 1.85. The molecular formula is C22H28N2O2. The van der Waals surface area contributed by atoms with Gasteiger partial charge in [-0.1, -0.05) is 60.7 Å². The van der Waals surface area contributed by atoms with Crippen LogP contribution in [0.5, 0.6) is 0 Å². The minimum atomic E-state index is -0.514. The van der Waals surface area contributed by atoms with Crippen molar-refractivity contribution < 1.29 is 9.53 Å². The van der Waals surface area contributed by atoms with Crippen molar-refractivity contribution in [2.24, 2.45) is 0 Å². The lowest BCUT2D eigenvalue weighted by atomic mass is 9.93. The molecule has 0 radical (unpaired) electrons. The van der Waals surface area contributed by atoms with Gasteiger partial charge in [0.05, 0.1) is 6.04 Å². The highest BCUT2D eigenvalue weighted by molar-refractivity contribution is 5.69. The van der Waals surface area contributed by atoms with Crippen LogP contribution < -0.4 is 5.32 Å². The van der Waals surface area contributed by atoms with Crippen molar-refractivity contribution >= 4 is 6.09 Å². The van der Waals surface area contributed by atoms with E-state index in [9.17, 15) is 4.79 Å². The Morgan fingerprint density at radius 3 is 2.27 bits per heavy atom. The number of rotatable bonds is 4. The van der Waals surface area contributed by atoms with Gasteiger partial charge < -0.3 is 10.1 Å². The normalized spacial score (nSPS) is 20.0. The molecule has 2 aromatic carbocycles. The maximum Gasteiger partial charge on any atom is 0.410 e. The zero-order valence-electron chi connectivity index (χ0n) is 15.8. The molecule has 1 heterocycles. The van der Waals surface area contributed by atoms with Crippen molar-refractivity contribution in [2.75, 3.05) is 13.1 Å². The van der Waals surface area contributed by atoms with Crippen molar-refractivity contribution in [3.05, 3.63) is 71.8 Å². The Bertz CT molecular complexity index is 710. The molecule has 2 aromatic rings. The Morgan fingerprint density at radius 1 is 1.04 bits per heavy atom. The zero-order chi connectivity index (χ0) is 18.6. The highest BCUT2D eigenvalue weighted by atomic mass is 16.6. The number of nitrogens with zero attached hydrogens (tertiary/aromatic N) is 1. The smallest absolute Gasteiger partial charge is 0.410 e. The second-order valence-corrected chi connectivity index (χ2v) is 7.84. The van der Waals surface area contributed by atoms with Gasteiger partial charge in [0.1, 0.15) is 5.60 Å². The van der Waals surface area contributed by atoms with E-state index in [2.05, 4.69) is 41.7 Å². The van der Waals surface area contributed by atoms with Crippen molar-refractivity contribution in [1.82, 2.24) is 10.2 Å². The minimum absolute atomic E-state index is 0.0625. The van der Waals surface area contributed by atoms with Crippen molar-refractivity contribution in [2.45, 2.75) is 44.9 Å². The molecule has 0 spiro atoms. The summed E-state index contributed by atoms with van der Waals surface area (Å²) < 4.78 is 5.73. The van der Waals surface area contributed by atoms with E-state index in [1.165, 1.54) is 5.56 Å². The van der Waals surface area contributed by atoms with E-state index < -0.39 is 5.60 Å². The molecule has 1 aliphatic heterocycles. The van der Waals surface area contributed by atoms with Crippen LogP contribution in [0.3, 0.4) is 0 Å². The van der Waals surface area contributed by atoms with Gasteiger partial charge in [0.25, 0.3) is 0 Å². The molecule has 0 saturated carbocycles. The maximum atomic E-state index is 13.0. The van der Waals surface area contributed by atoms with Crippen molar-refractivity contribution in [3.63, 3.8) is 0 Å². The molecule has 4 heteroatoms. The fourth-order valence-corrected chi connectivity index (χ4v) is 3.45. The first-order valence-corrected chi connectivity index (χ1v) is 9.23. The summed E-state index contributed by atoms with van der Waals surface area (Å²) in [4.78, 5) is 14.9. The number of carbonyl (C=O) groups excluding carboxylic acids is 1. The molecule has 0 bridgehead atoms. The van der Waals surface area contributed by atoms with Gasteiger partial charge in [-0.15, -0.1) is 0 Å². The van der Waals surface area contributed by atoms with E-state index in [1.807, 2.05) is 49.9 Å². The quantitative estimate of drug-likeness (QED) is 0.897. The number of nitrogens with one attached hydrogen (secondary N) is 1. The van der Waals surface area contributed by atoms with Gasteiger partial charge in [-0.2, -0.15) is 0 Å². The van der Waals surface area contributed by atoms with Crippen LogP contribution in [0.15, 0.2) is 60.7 Å². The molecule has 138 valence electrons. The predicted molar refractivity (Wildman–Crippen MR) is 104 cm³/mol. The summed E-state index contributed by atoms with van der Waals surface area (Å²) in [7, 11) is 0. The van der Waals surface area contributed by atoms with E-state index in [0.29, 0.717) is 6.54 Å². The number of carbonyl (C=O) groups is 1. The average molecular weight is 352 g/mol. The first-order chi connectivity index (χ1) is 12.4. The zero-order valence-corrected chi connectivity index (χ0v) is 15.8. The van der Waals surface area contributed by atoms with Crippen LogP contribution in [0.4, 0.5) is 4.79 Å². The number of benzene rings is 2. The maximum absolute atomic E-state index is 13.0. The third-order valence-electron chi connectivity index (χ3n) is 4.63. The molecule has 4 nitrogen and oxygen atoms in total. The first kappa shape index (κ1) is 18.5. The number of hydrogen-bond donors (Lipinski definition) is 1. The molecule has 2 atom stereocenters. The molecule has 0 aliphatic carbocycles. The van der Waals surface area contributed by atoms with Crippen LogP contribution in [-0.2, 0) is 11.3 Å². The van der Waals surface area contributed by atoms with Crippen LogP contribution in [0.25, 0.3) is 0 Å². The average Bonchev–Trinajstić information content (AvgIpc) is 3.09. The summed E-state index contributed by atoms with van der Waals surface area (Å²) in [6.07, 6.45) is -0.254. The predicted octanol–water partition coefficient (Wildman–Crippen LogP) is 4.18. The van der Waals surface area contributed by atoms with Gasteiger partial charge in [-0.3, -0.25) is 4.90 Å². The third-order valence-corrected chi connectivity index (χ3v) is 4.63. The minimum Gasteiger partial charge on any atom is -0.444 e. The first-order valence-electron chi connectivity index (χ1n) is 9.23. The van der Waals surface area contributed by atoms with Gasteiger partial charge in [-0.25, -0.2) is 4.79 Å². The Balaban J connectivity index is 1.87. The second-order valence-electron chi connectivity index (χ2n) is 7.84. The number of ether oxygens (including phenoxy) is 1. The van der Waals surface area contributed by atoms with Gasteiger partial charge in [-0.05, 0) is 31.9 Å². The van der Waals surface area contributed by atoms with Crippen LogP contribution in [0.2, 0.25) is 0 Å². The summed E-state index contributed by atoms with van der Waals surface area (Å²) in [6.45, 7) is 7.91. The Labute approximate surface area is 156 Å². The monoisotopic (exact) mass is 352 g/mol. The Morgan fingerprint density at radius 2 is 1.65 bits per heavy atom. The summed E-state index contributed by atoms with van der Waals surface area (Å²) >= 11 is 0. The molecule has 1 N–H and O–H groups in total. The highest BCUT2D eigenvalue weighted by Crippen LogP contribution is 2.29. The Kier molecular flexibility index (Phi) is 5.62. The molecule has 1 saturated heterocycles. The molecule has 2 unspecified atom stereocenters. The topological polar surface area (TPSA) is 41.6 Å². The van der Waals surface area contributed by atoms with Crippen LogP contribution in [0.1, 0.15) is 37.8 Å². The van der Waals surface area contributed by atoms with Crippen LogP contribution in [0, 0.1) is 0 Å². The largest absolute Gasteiger partial charge is 0.444 e. The molecule has 3 rings (SSSR count). The standard InChI is InChI=1S/C22H28N2O2/c1-22(2,3)26-21(25)24(16-17-10-6-4-7-11-17)20-15-23-14-19(20)18-12-8-5-9-13-18/h4-13,19-20,23H,14-16H2,1-3H3. The van der Waals surface area contributed by atoms with E-state index in [4.69, 9.17) is 4.74 Å². The number of hydrogen-bond acceptors (Lipinski definition) is 3. The van der Waals surface area contributed by atoms with E-state index >= 15 is 0 Å². The van der Waals surface area contributed by atoms with Crippen LogP contribution in [-0.4, -0.2) is 35.7 Å². The van der Waals surface area contributed by atoms with E-state index in [0.717, 1.165) is 18.7 Å². The highest BCUT2D eigenvalue weighted by Gasteiger charge is 2.37. The lowest BCUT2D eigenvalue weighted by Gasteiger charge is -2.34. The van der Waals surface area contributed by atoms with E-state index in [-0.39, 0.29) is 18.1 Å². The molecule has 1 fully saturated rings. The van der Waals surface area contributed by atoms with Gasteiger partial charge in [0.15, 0.2) is 0 Å². The van der Waals surface area contributed by atoms with Gasteiger partial charge in [0.2, 0.25) is 0 Å². The fourth-order valence-electron chi connectivity index (χ4n) is 3.45. The molecule has 1 aliphatic rings. The summed E-state index contributed by atoms with van der Waals surface area (Å²) in [5, 5.41) is 3.46. The van der Waals surface area contributed by atoms with Crippen molar-refractivity contribution in [3.8, 4) is 0 Å². The SMILES string of the molecule is CC(C)(C)OC(=O)N(Cc1ccccc1)C1CNCC1c1ccccc1. The third kappa shape index (κ3) is 4.64. The fraction of sp³-hybridized carbons (Fsp3) is 0.409. The molecule has 26 heavy (non-hydrogen) atoms. The molecule has 1 amide bonds. The summed E-state index contributed by atoms with van der Waals surface area (Å²) in [6, 6.07) is 20.6. The lowest BCUT2D eigenvalue weighted by molar-refractivity contribution is 0.0141. The second kappa shape index (κ2) is 7.92. The summed E-state index contributed by atoms with van der Waals surface area (Å²) in [5.74, 6) is 0.257. The van der Waals surface area contributed by atoms with Crippen molar-refractivity contribution in [1.29, 1.82) is 0 Å². The number of amides is 1.